The largest absolute Gasteiger partial charge is 0.487 e. The quantitative estimate of drug-likeness (QED) is 0.616. The number of hydrogen-bond donors (Lipinski definition) is 0. The zero-order valence-electron chi connectivity index (χ0n) is 17.9. The molecule has 1 amide bonds. The van der Waals surface area contributed by atoms with Gasteiger partial charge in [-0.25, -0.2) is 4.98 Å². The Labute approximate surface area is 182 Å². The Hall–Kier alpha value is -3.37. The zero-order chi connectivity index (χ0) is 21.8. The minimum atomic E-state index is -0.103. The third-order valence-corrected chi connectivity index (χ3v) is 5.64. The van der Waals surface area contributed by atoms with E-state index < -0.39 is 0 Å². The maximum Gasteiger partial charge on any atom is 0.254 e. The fraction of sp³-hybridized carbons (Fsp3) is 0.375. The van der Waals surface area contributed by atoms with Crippen LogP contribution in [0.3, 0.4) is 0 Å². The third kappa shape index (κ3) is 4.70. The molecule has 3 aromatic rings. The first-order chi connectivity index (χ1) is 15.0. The molecule has 0 saturated carbocycles. The summed E-state index contributed by atoms with van der Waals surface area (Å²) in [5, 5.41) is 9.41. The number of aromatic nitrogens is 2. The van der Waals surface area contributed by atoms with E-state index in [2.05, 4.69) is 29.8 Å². The second-order valence-corrected chi connectivity index (χ2v) is 8.16. The second kappa shape index (κ2) is 9.19. The van der Waals surface area contributed by atoms with Crippen molar-refractivity contribution in [3.05, 3.63) is 66.1 Å². The monoisotopic (exact) mass is 417 g/mol. The minimum Gasteiger partial charge on any atom is -0.487 e. The molecule has 4 rings (SSSR count). The van der Waals surface area contributed by atoms with Crippen LogP contribution < -0.4 is 4.74 Å². The van der Waals surface area contributed by atoms with Gasteiger partial charge in [0.15, 0.2) is 0 Å². The first kappa shape index (κ1) is 20.9. The average Bonchev–Trinajstić information content (AvgIpc) is 3.21. The molecule has 0 aliphatic carbocycles. The van der Waals surface area contributed by atoms with Crippen LogP contribution in [0.2, 0.25) is 0 Å². The van der Waals surface area contributed by atoms with E-state index in [-0.39, 0.29) is 17.9 Å². The van der Waals surface area contributed by atoms with Crippen molar-refractivity contribution >= 4 is 11.6 Å². The molecule has 0 spiro atoms. The summed E-state index contributed by atoms with van der Waals surface area (Å²) in [6, 6.07) is 15.4. The molecule has 7 nitrogen and oxygen atoms in total. The lowest BCUT2D eigenvalue weighted by molar-refractivity contribution is 0.0576. The Morgan fingerprint density at radius 2 is 1.97 bits per heavy atom. The van der Waals surface area contributed by atoms with E-state index in [1.54, 1.807) is 6.07 Å². The van der Waals surface area contributed by atoms with Crippen LogP contribution in [-0.4, -0.2) is 57.3 Å². The normalized spacial score (nSPS) is 15.7. The smallest absolute Gasteiger partial charge is 0.254 e. The van der Waals surface area contributed by atoms with Crippen LogP contribution in [-0.2, 0) is 6.61 Å². The fourth-order valence-electron chi connectivity index (χ4n) is 3.97. The Morgan fingerprint density at radius 3 is 2.68 bits per heavy atom. The number of hydrogen-bond acceptors (Lipinski definition) is 5. The summed E-state index contributed by atoms with van der Waals surface area (Å²) in [6.07, 6.45) is 3.89. The standard InChI is InChI=1S/C24H27N5O2/c1-18(2)22(15-25)27-10-12-28(13-11-27)24(30)19-6-5-7-21(14-19)31-17-20-16-29-9-4-3-8-23(29)26-20/h3-9,14,16,18,22H,10-13,17H2,1-2H3. The molecule has 1 aliphatic rings. The number of pyridine rings is 1. The van der Waals surface area contributed by atoms with Crippen LogP contribution in [0.15, 0.2) is 54.9 Å². The molecule has 3 heterocycles. The highest BCUT2D eigenvalue weighted by Gasteiger charge is 2.28. The van der Waals surface area contributed by atoms with Crippen LogP contribution in [0.5, 0.6) is 5.75 Å². The number of nitriles is 1. The van der Waals surface area contributed by atoms with Gasteiger partial charge < -0.3 is 14.0 Å². The molecule has 2 aromatic heterocycles. The summed E-state index contributed by atoms with van der Waals surface area (Å²) in [5.41, 5.74) is 2.32. The second-order valence-electron chi connectivity index (χ2n) is 8.16. The lowest BCUT2D eigenvalue weighted by atomic mass is 10.0. The number of nitrogens with zero attached hydrogens (tertiary/aromatic N) is 5. The molecule has 1 aliphatic heterocycles. The Balaban J connectivity index is 1.36. The van der Waals surface area contributed by atoms with Gasteiger partial charge >= 0.3 is 0 Å². The predicted octanol–water partition coefficient (Wildman–Crippen LogP) is 3.22. The minimum absolute atomic E-state index is 0.00381. The van der Waals surface area contributed by atoms with Gasteiger partial charge in [-0.15, -0.1) is 0 Å². The summed E-state index contributed by atoms with van der Waals surface area (Å²) in [6.45, 7) is 7.12. The summed E-state index contributed by atoms with van der Waals surface area (Å²) in [4.78, 5) is 21.6. The first-order valence-electron chi connectivity index (χ1n) is 10.6. The number of imidazole rings is 1. The molecule has 0 bridgehead atoms. The lowest BCUT2D eigenvalue weighted by Gasteiger charge is -2.38. The molecule has 0 N–H and O–H groups in total. The number of piperazine rings is 1. The molecule has 0 radical (unpaired) electrons. The molecular formula is C24H27N5O2. The van der Waals surface area contributed by atoms with Crippen LogP contribution in [0.4, 0.5) is 0 Å². The maximum absolute atomic E-state index is 13.0. The van der Waals surface area contributed by atoms with Gasteiger partial charge in [0.1, 0.15) is 24.0 Å². The Morgan fingerprint density at radius 1 is 1.16 bits per heavy atom. The van der Waals surface area contributed by atoms with Crippen molar-refractivity contribution < 1.29 is 9.53 Å². The predicted molar refractivity (Wildman–Crippen MR) is 118 cm³/mol. The number of rotatable bonds is 6. The number of fused-ring (bicyclic) bond motifs is 1. The van der Waals surface area contributed by atoms with Crippen molar-refractivity contribution in [2.24, 2.45) is 5.92 Å². The molecule has 7 heteroatoms. The molecule has 1 saturated heterocycles. The number of ether oxygens (including phenoxy) is 1. The van der Waals surface area contributed by atoms with E-state index in [4.69, 9.17) is 4.74 Å². The van der Waals surface area contributed by atoms with Crippen molar-refractivity contribution in [1.29, 1.82) is 5.26 Å². The van der Waals surface area contributed by atoms with E-state index in [9.17, 15) is 10.1 Å². The number of benzene rings is 1. The number of carbonyl (C=O) groups excluding carboxylic acids is 1. The number of carbonyl (C=O) groups is 1. The summed E-state index contributed by atoms with van der Waals surface area (Å²) >= 11 is 0. The van der Waals surface area contributed by atoms with Gasteiger partial charge in [-0.1, -0.05) is 26.0 Å². The highest BCUT2D eigenvalue weighted by molar-refractivity contribution is 5.94. The van der Waals surface area contributed by atoms with Crippen LogP contribution >= 0.6 is 0 Å². The molecule has 1 aromatic carbocycles. The molecule has 1 fully saturated rings. The van der Waals surface area contributed by atoms with Gasteiger partial charge in [0.05, 0.1) is 11.8 Å². The molecule has 1 unspecified atom stereocenters. The Bertz CT molecular complexity index is 1060. The van der Waals surface area contributed by atoms with Crippen LogP contribution in [0.25, 0.3) is 5.65 Å². The third-order valence-electron chi connectivity index (χ3n) is 5.64. The summed E-state index contributed by atoms with van der Waals surface area (Å²) in [5.74, 6) is 0.913. The van der Waals surface area contributed by atoms with Crippen LogP contribution in [0.1, 0.15) is 29.9 Å². The highest BCUT2D eigenvalue weighted by Crippen LogP contribution is 2.19. The number of amides is 1. The van der Waals surface area contributed by atoms with E-state index in [0.717, 1.165) is 11.3 Å². The van der Waals surface area contributed by atoms with Crippen molar-refractivity contribution in [2.75, 3.05) is 26.2 Å². The topological polar surface area (TPSA) is 73.9 Å². The maximum atomic E-state index is 13.0. The van der Waals surface area contributed by atoms with Gasteiger partial charge in [0, 0.05) is 44.1 Å². The van der Waals surface area contributed by atoms with Gasteiger partial charge in [0.2, 0.25) is 0 Å². The fourth-order valence-corrected chi connectivity index (χ4v) is 3.97. The zero-order valence-corrected chi connectivity index (χ0v) is 17.9. The van der Waals surface area contributed by atoms with Crippen molar-refractivity contribution in [3.63, 3.8) is 0 Å². The van der Waals surface area contributed by atoms with E-state index in [1.807, 2.05) is 58.1 Å². The molecule has 160 valence electrons. The molecule has 1 atom stereocenters. The summed E-state index contributed by atoms with van der Waals surface area (Å²) in [7, 11) is 0. The average molecular weight is 418 g/mol. The van der Waals surface area contributed by atoms with Crippen molar-refractivity contribution in [2.45, 2.75) is 26.5 Å². The van der Waals surface area contributed by atoms with Crippen molar-refractivity contribution in [3.8, 4) is 11.8 Å². The van der Waals surface area contributed by atoms with E-state index in [0.29, 0.717) is 44.1 Å². The van der Waals surface area contributed by atoms with Gasteiger partial charge in [-0.05, 0) is 36.2 Å². The summed E-state index contributed by atoms with van der Waals surface area (Å²) < 4.78 is 7.85. The van der Waals surface area contributed by atoms with Gasteiger partial charge in [0.25, 0.3) is 5.91 Å². The van der Waals surface area contributed by atoms with Gasteiger partial charge in [-0.2, -0.15) is 5.26 Å². The van der Waals surface area contributed by atoms with E-state index in [1.165, 1.54) is 0 Å². The first-order valence-corrected chi connectivity index (χ1v) is 10.6. The van der Waals surface area contributed by atoms with E-state index >= 15 is 0 Å². The molecule has 31 heavy (non-hydrogen) atoms. The van der Waals surface area contributed by atoms with Gasteiger partial charge in [-0.3, -0.25) is 9.69 Å². The van der Waals surface area contributed by atoms with Crippen molar-refractivity contribution in [1.82, 2.24) is 19.2 Å². The SMILES string of the molecule is CC(C)C(C#N)N1CCN(C(=O)c2cccc(OCc3cn4ccccc4n3)c2)CC1. The molecular weight excluding hydrogens is 390 g/mol. The highest BCUT2D eigenvalue weighted by atomic mass is 16.5. The van der Waals surface area contributed by atoms with Crippen LogP contribution in [0, 0.1) is 17.2 Å². The lowest BCUT2D eigenvalue weighted by Crippen LogP contribution is -2.52. The Kier molecular flexibility index (Phi) is 6.19.